The monoisotopic (exact) mass is 523 g/mol. The average Bonchev–Trinajstić information content (AvgIpc) is 2.91. The topological polar surface area (TPSA) is 97.0 Å². The first-order valence-electron chi connectivity index (χ1n) is 12.9. The van der Waals surface area contributed by atoms with E-state index in [-0.39, 0.29) is 23.5 Å². The van der Waals surface area contributed by atoms with Gasteiger partial charge in [-0.2, -0.15) is 0 Å². The lowest BCUT2D eigenvalue weighted by Crippen LogP contribution is -2.60. The van der Waals surface area contributed by atoms with Crippen molar-refractivity contribution in [2.24, 2.45) is 0 Å². The number of nitrogens with zero attached hydrogens (tertiary/aromatic N) is 1. The highest BCUT2D eigenvalue weighted by Gasteiger charge is 2.35. The molecule has 1 heterocycles. The molecule has 2 aliphatic rings. The second-order valence-corrected chi connectivity index (χ2v) is 9.71. The molecule has 0 aromatic heterocycles. The van der Waals surface area contributed by atoms with Crippen molar-refractivity contribution in [2.75, 3.05) is 19.7 Å². The molecule has 4 rings (SSSR count). The third kappa shape index (κ3) is 7.76. The normalized spacial score (nSPS) is 18.0. The second-order valence-electron chi connectivity index (χ2n) is 9.33. The van der Waals surface area contributed by atoms with Crippen LogP contribution in [0, 0.1) is 0 Å². The number of esters is 1. The molecule has 0 bridgehead atoms. The third-order valence-electron chi connectivity index (χ3n) is 6.62. The molecule has 0 spiro atoms. The number of hydrogen-bond donors (Lipinski definition) is 2. The Morgan fingerprint density at radius 2 is 1.84 bits per heavy atom. The van der Waals surface area contributed by atoms with E-state index < -0.39 is 17.9 Å². The average molecular weight is 524 g/mol. The number of ether oxygens (including phenoxy) is 2. The van der Waals surface area contributed by atoms with E-state index in [1.165, 1.54) is 5.56 Å². The summed E-state index contributed by atoms with van der Waals surface area (Å²) < 4.78 is 11.4. The van der Waals surface area contributed by atoms with Crippen LogP contribution in [0.15, 0.2) is 54.6 Å². The number of hydrogen-bond acceptors (Lipinski definition) is 6. The van der Waals surface area contributed by atoms with Gasteiger partial charge >= 0.3 is 5.97 Å². The van der Waals surface area contributed by atoms with Gasteiger partial charge in [0.15, 0.2) is 5.11 Å². The maximum Gasteiger partial charge on any atom is 0.308 e. The largest absolute Gasteiger partial charge is 0.493 e. The SMILES string of the molecule is O=C(CC1C(=O)NCCN1C(=S)NC(=O)c1cccc(OCCc2ccccc2)c1)OC1CCCCC1. The zero-order valence-electron chi connectivity index (χ0n) is 20.8. The fraction of sp³-hybridized carbons (Fsp3) is 0.429. The van der Waals surface area contributed by atoms with Crippen molar-refractivity contribution < 1.29 is 23.9 Å². The zero-order valence-corrected chi connectivity index (χ0v) is 21.6. The molecular weight excluding hydrogens is 490 g/mol. The van der Waals surface area contributed by atoms with Crippen LogP contribution in [0.5, 0.6) is 5.75 Å². The smallest absolute Gasteiger partial charge is 0.308 e. The van der Waals surface area contributed by atoms with Crippen LogP contribution in [0.3, 0.4) is 0 Å². The number of rotatable bonds is 8. The Morgan fingerprint density at radius 1 is 1.05 bits per heavy atom. The molecule has 9 heteroatoms. The molecule has 196 valence electrons. The van der Waals surface area contributed by atoms with Gasteiger partial charge in [0.2, 0.25) is 5.91 Å². The fourth-order valence-electron chi connectivity index (χ4n) is 4.64. The summed E-state index contributed by atoms with van der Waals surface area (Å²) in [5.41, 5.74) is 1.55. The van der Waals surface area contributed by atoms with Gasteiger partial charge in [0.05, 0.1) is 13.0 Å². The van der Waals surface area contributed by atoms with Gasteiger partial charge in [-0.15, -0.1) is 0 Å². The van der Waals surface area contributed by atoms with E-state index in [1.807, 2.05) is 30.3 Å². The Bertz CT molecular complexity index is 1100. The summed E-state index contributed by atoms with van der Waals surface area (Å²) in [6.07, 6.45) is 5.50. The summed E-state index contributed by atoms with van der Waals surface area (Å²) in [6.45, 7) is 1.23. The van der Waals surface area contributed by atoms with Crippen LogP contribution in [0.4, 0.5) is 0 Å². The van der Waals surface area contributed by atoms with E-state index >= 15 is 0 Å². The highest BCUT2D eigenvalue weighted by Crippen LogP contribution is 2.22. The van der Waals surface area contributed by atoms with Gasteiger partial charge in [-0.05, 0) is 61.7 Å². The molecule has 2 amide bonds. The van der Waals surface area contributed by atoms with E-state index in [4.69, 9.17) is 21.7 Å². The van der Waals surface area contributed by atoms with Crippen molar-refractivity contribution >= 4 is 35.1 Å². The maximum atomic E-state index is 12.9. The first-order chi connectivity index (χ1) is 18.0. The Kier molecular flexibility index (Phi) is 9.48. The van der Waals surface area contributed by atoms with Crippen LogP contribution >= 0.6 is 12.2 Å². The number of carbonyl (C=O) groups is 3. The minimum Gasteiger partial charge on any atom is -0.493 e. The Labute approximate surface area is 222 Å². The minimum atomic E-state index is -0.828. The molecule has 1 atom stereocenters. The molecule has 2 fully saturated rings. The number of amides is 2. The molecule has 1 saturated heterocycles. The Balaban J connectivity index is 1.32. The molecular formula is C28H33N3O5S. The zero-order chi connectivity index (χ0) is 26.0. The molecule has 1 saturated carbocycles. The fourth-order valence-corrected chi connectivity index (χ4v) is 4.95. The molecule has 37 heavy (non-hydrogen) atoms. The van der Waals surface area contributed by atoms with Crippen LogP contribution in [0.2, 0.25) is 0 Å². The Morgan fingerprint density at radius 3 is 2.62 bits per heavy atom. The quantitative estimate of drug-likeness (QED) is 0.404. The summed E-state index contributed by atoms with van der Waals surface area (Å²) in [4.78, 5) is 39.7. The third-order valence-corrected chi connectivity index (χ3v) is 6.96. The van der Waals surface area contributed by atoms with E-state index in [0.29, 0.717) is 31.0 Å². The highest BCUT2D eigenvalue weighted by atomic mass is 32.1. The summed E-state index contributed by atoms with van der Waals surface area (Å²) in [6, 6.07) is 16.1. The van der Waals surface area contributed by atoms with E-state index in [1.54, 1.807) is 29.2 Å². The van der Waals surface area contributed by atoms with Crippen LogP contribution in [-0.4, -0.2) is 59.6 Å². The van der Waals surface area contributed by atoms with E-state index in [0.717, 1.165) is 38.5 Å². The number of piperazine rings is 1. The standard InChI is InChI=1S/C28H33N3O5S/c32-25(36-22-11-5-2-6-12-22)19-24-27(34)29-15-16-31(24)28(37)30-26(33)21-10-7-13-23(18-21)35-17-14-20-8-3-1-4-9-20/h1,3-4,7-10,13,18,22,24H,2,5-6,11-12,14-17,19H2,(H,29,34)(H,30,33,37). The molecule has 1 aliphatic heterocycles. The van der Waals surface area contributed by atoms with Crippen molar-refractivity contribution in [3.05, 3.63) is 65.7 Å². The summed E-state index contributed by atoms with van der Waals surface area (Å²) in [5, 5.41) is 5.59. The van der Waals surface area contributed by atoms with E-state index in [2.05, 4.69) is 10.6 Å². The van der Waals surface area contributed by atoms with E-state index in [9.17, 15) is 14.4 Å². The molecule has 1 unspecified atom stereocenters. The maximum absolute atomic E-state index is 12.9. The van der Waals surface area contributed by atoms with Crippen LogP contribution < -0.4 is 15.4 Å². The molecule has 2 N–H and O–H groups in total. The van der Waals surface area contributed by atoms with Gasteiger partial charge in [-0.25, -0.2) is 0 Å². The summed E-state index contributed by atoms with van der Waals surface area (Å²) >= 11 is 5.48. The molecule has 0 radical (unpaired) electrons. The lowest BCUT2D eigenvalue weighted by molar-refractivity contribution is -0.153. The van der Waals surface area contributed by atoms with Gasteiger partial charge in [0.25, 0.3) is 5.91 Å². The van der Waals surface area contributed by atoms with Crippen LogP contribution in [0.1, 0.15) is 54.4 Å². The lowest BCUT2D eigenvalue weighted by atomic mass is 9.98. The summed E-state index contributed by atoms with van der Waals surface area (Å²) in [7, 11) is 0. The second kappa shape index (κ2) is 13.2. The van der Waals surface area contributed by atoms with Gasteiger partial charge in [-0.1, -0.05) is 42.8 Å². The predicted octanol–water partition coefficient (Wildman–Crippen LogP) is 3.39. The number of nitrogens with one attached hydrogen (secondary N) is 2. The molecule has 2 aromatic carbocycles. The minimum absolute atomic E-state index is 0.0878. The molecule has 2 aromatic rings. The van der Waals surface area contributed by atoms with Gasteiger partial charge in [0.1, 0.15) is 17.9 Å². The number of benzene rings is 2. The van der Waals surface area contributed by atoms with Crippen molar-refractivity contribution in [1.82, 2.24) is 15.5 Å². The highest BCUT2D eigenvalue weighted by molar-refractivity contribution is 7.80. The van der Waals surface area contributed by atoms with Crippen LogP contribution in [-0.2, 0) is 20.7 Å². The van der Waals surface area contributed by atoms with Gasteiger partial charge in [-0.3, -0.25) is 19.7 Å². The van der Waals surface area contributed by atoms with Crippen molar-refractivity contribution in [2.45, 2.75) is 57.1 Å². The number of carbonyl (C=O) groups excluding carboxylic acids is 3. The molecule has 1 aliphatic carbocycles. The van der Waals surface area contributed by atoms with Crippen molar-refractivity contribution in [3.63, 3.8) is 0 Å². The van der Waals surface area contributed by atoms with Gasteiger partial charge in [0, 0.05) is 25.1 Å². The predicted molar refractivity (Wildman–Crippen MR) is 143 cm³/mol. The first-order valence-corrected chi connectivity index (χ1v) is 13.3. The molecule has 8 nitrogen and oxygen atoms in total. The number of thiocarbonyl (C=S) groups is 1. The van der Waals surface area contributed by atoms with Crippen molar-refractivity contribution in [1.29, 1.82) is 0 Å². The first kappa shape index (κ1) is 26.6. The van der Waals surface area contributed by atoms with Gasteiger partial charge < -0.3 is 19.7 Å². The summed E-state index contributed by atoms with van der Waals surface area (Å²) in [5.74, 6) is -0.561. The van der Waals surface area contributed by atoms with Crippen molar-refractivity contribution in [3.8, 4) is 5.75 Å². The lowest BCUT2D eigenvalue weighted by Gasteiger charge is -2.36. The Hall–Kier alpha value is -3.46. The van der Waals surface area contributed by atoms with Crippen LogP contribution in [0.25, 0.3) is 0 Å².